The van der Waals surface area contributed by atoms with Crippen molar-refractivity contribution >= 4 is 28.7 Å². The number of ketones is 1. The Labute approximate surface area is 121 Å². The summed E-state index contributed by atoms with van der Waals surface area (Å²) in [4.78, 5) is 31.1. The van der Waals surface area contributed by atoms with Gasteiger partial charge in [-0.15, -0.1) is 0 Å². The molecule has 0 radical (unpaired) electrons. The number of fused-ring (bicyclic) bond motifs is 1. The van der Waals surface area contributed by atoms with Gasteiger partial charge in [0.1, 0.15) is 0 Å². The molecule has 0 unspecified atom stereocenters. The van der Waals surface area contributed by atoms with Crippen molar-refractivity contribution in [1.29, 1.82) is 0 Å². The first kappa shape index (κ1) is 13.1. The van der Waals surface area contributed by atoms with Gasteiger partial charge in [0.25, 0.3) is 11.7 Å². The van der Waals surface area contributed by atoms with Crippen LogP contribution in [0.3, 0.4) is 0 Å². The van der Waals surface area contributed by atoms with Gasteiger partial charge in [-0.2, -0.15) is 0 Å². The van der Waals surface area contributed by atoms with Crippen molar-refractivity contribution < 1.29 is 9.59 Å². The van der Waals surface area contributed by atoms with E-state index >= 15 is 0 Å². The van der Waals surface area contributed by atoms with E-state index in [0.29, 0.717) is 5.56 Å². The summed E-state index contributed by atoms with van der Waals surface area (Å²) in [5.74, 6) is -1.03. The number of Topliss-reactive ketones (excluding diaryl/α,β-unsaturated/α-hetero) is 1. The highest BCUT2D eigenvalue weighted by Crippen LogP contribution is 2.13. The number of imidazole rings is 1. The van der Waals surface area contributed by atoms with Crippen LogP contribution in [0.5, 0.6) is 0 Å². The minimum Gasteiger partial charge on any atom is -0.324 e. The molecule has 1 heterocycles. The van der Waals surface area contributed by atoms with Gasteiger partial charge in [-0.25, -0.2) is 4.98 Å². The zero-order valence-corrected chi connectivity index (χ0v) is 11.4. The molecule has 5 heteroatoms. The Bertz CT molecular complexity index is 786. The first-order valence-corrected chi connectivity index (χ1v) is 6.50. The minimum absolute atomic E-state index is 0.265. The Balaban J connectivity index is 1.79. The van der Waals surface area contributed by atoms with Crippen LogP contribution in [-0.2, 0) is 4.79 Å². The quantitative estimate of drug-likeness (QED) is 0.571. The van der Waals surface area contributed by atoms with Crippen molar-refractivity contribution in [2.75, 3.05) is 5.32 Å². The summed E-state index contributed by atoms with van der Waals surface area (Å²) < 4.78 is 0. The largest absolute Gasteiger partial charge is 0.324 e. The molecule has 0 spiro atoms. The number of hydrogen-bond donors (Lipinski definition) is 2. The lowest BCUT2D eigenvalue weighted by molar-refractivity contribution is -0.112. The molecule has 1 amide bonds. The van der Waals surface area contributed by atoms with E-state index in [1.807, 2.05) is 31.2 Å². The van der Waals surface area contributed by atoms with E-state index in [2.05, 4.69) is 15.3 Å². The van der Waals surface area contributed by atoms with Crippen LogP contribution in [0.1, 0.15) is 15.9 Å². The van der Waals surface area contributed by atoms with E-state index in [1.54, 1.807) is 24.3 Å². The molecule has 2 aromatic carbocycles. The average molecular weight is 279 g/mol. The number of carbonyl (C=O) groups is 2. The zero-order valence-electron chi connectivity index (χ0n) is 11.4. The molecule has 5 nitrogen and oxygen atoms in total. The molecule has 21 heavy (non-hydrogen) atoms. The first-order chi connectivity index (χ1) is 10.1. The number of aromatic nitrogens is 2. The Kier molecular flexibility index (Phi) is 3.23. The third-order valence-corrected chi connectivity index (χ3v) is 3.14. The summed E-state index contributed by atoms with van der Waals surface area (Å²) >= 11 is 0. The normalized spacial score (nSPS) is 10.5. The van der Waals surface area contributed by atoms with Gasteiger partial charge in [0.2, 0.25) is 5.95 Å². The third-order valence-electron chi connectivity index (χ3n) is 3.14. The maximum atomic E-state index is 12.0. The summed E-state index contributed by atoms with van der Waals surface area (Å²) in [6.45, 7) is 1.92. The summed E-state index contributed by atoms with van der Waals surface area (Å²) in [5.41, 5.74) is 2.92. The number of carbonyl (C=O) groups excluding carboxylic acids is 2. The lowest BCUT2D eigenvalue weighted by atomic mass is 10.1. The average Bonchev–Trinajstić information content (AvgIpc) is 2.89. The highest BCUT2D eigenvalue weighted by atomic mass is 16.2. The lowest BCUT2D eigenvalue weighted by Gasteiger charge is -2.01. The van der Waals surface area contributed by atoms with E-state index < -0.39 is 11.7 Å². The molecule has 0 aliphatic carbocycles. The molecule has 2 N–H and O–H groups in total. The summed E-state index contributed by atoms with van der Waals surface area (Å²) in [6, 6.07) is 14.2. The van der Waals surface area contributed by atoms with Crippen molar-refractivity contribution in [3.63, 3.8) is 0 Å². The predicted octanol–water partition coefficient (Wildman–Crippen LogP) is 2.69. The first-order valence-electron chi connectivity index (χ1n) is 6.50. The summed E-state index contributed by atoms with van der Waals surface area (Å²) in [5, 5.41) is 2.49. The third kappa shape index (κ3) is 2.67. The molecule has 3 rings (SSSR count). The second-order valence-electron chi connectivity index (χ2n) is 4.75. The lowest BCUT2D eigenvalue weighted by Crippen LogP contribution is -2.23. The van der Waals surface area contributed by atoms with Gasteiger partial charge < -0.3 is 4.98 Å². The fourth-order valence-electron chi connectivity index (χ4n) is 2.01. The number of amides is 1. The van der Waals surface area contributed by atoms with Crippen molar-refractivity contribution in [3.05, 3.63) is 59.7 Å². The molecule has 0 saturated carbocycles. The van der Waals surface area contributed by atoms with Crippen LogP contribution in [-0.4, -0.2) is 21.7 Å². The summed E-state index contributed by atoms with van der Waals surface area (Å²) in [6.07, 6.45) is 0. The van der Waals surface area contributed by atoms with Gasteiger partial charge in [-0.3, -0.25) is 14.9 Å². The zero-order chi connectivity index (χ0) is 14.8. The standard InChI is InChI=1S/C16H13N3O2/c1-10-6-8-11(9-7-10)14(20)15(21)19-16-17-12-4-2-3-5-13(12)18-16/h2-9H,1H3,(H2,17,18,19,21). The number of hydrogen-bond acceptors (Lipinski definition) is 3. The number of aryl methyl sites for hydroxylation is 1. The molecule has 0 atom stereocenters. The van der Waals surface area contributed by atoms with Crippen LogP contribution in [0.4, 0.5) is 5.95 Å². The van der Waals surface area contributed by atoms with Gasteiger partial charge in [-0.05, 0) is 19.1 Å². The fourth-order valence-corrected chi connectivity index (χ4v) is 2.01. The number of aromatic amines is 1. The number of benzene rings is 2. The molecule has 0 aliphatic rings. The Morgan fingerprint density at radius 1 is 1.05 bits per heavy atom. The van der Waals surface area contributed by atoms with E-state index in [-0.39, 0.29) is 5.95 Å². The van der Waals surface area contributed by atoms with Gasteiger partial charge in [-0.1, -0.05) is 42.0 Å². The molecular formula is C16H13N3O2. The molecular weight excluding hydrogens is 266 g/mol. The SMILES string of the molecule is Cc1ccc(C(=O)C(=O)Nc2nc3ccccc3[nH]2)cc1. The number of nitrogens with zero attached hydrogens (tertiary/aromatic N) is 1. The number of anilines is 1. The van der Waals surface area contributed by atoms with Gasteiger partial charge in [0.05, 0.1) is 11.0 Å². The summed E-state index contributed by atoms with van der Waals surface area (Å²) in [7, 11) is 0. The monoisotopic (exact) mass is 279 g/mol. The van der Waals surface area contributed by atoms with Crippen LogP contribution >= 0.6 is 0 Å². The minimum atomic E-state index is -0.710. The Morgan fingerprint density at radius 2 is 1.76 bits per heavy atom. The maximum absolute atomic E-state index is 12.0. The van der Waals surface area contributed by atoms with Crippen LogP contribution in [0.15, 0.2) is 48.5 Å². The van der Waals surface area contributed by atoms with Crippen molar-refractivity contribution in [2.45, 2.75) is 6.92 Å². The van der Waals surface area contributed by atoms with E-state index in [0.717, 1.165) is 16.6 Å². The second kappa shape index (κ2) is 5.20. The number of para-hydroxylation sites is 2. The number of H-pyrrole nitrogens is 1. The van der Waals surface area contributed by atoms with Crippen LogP contribution in [0, 0.1) is 6.92 Å². The predicted molar refractivity (Wildman–Crippen MR) is 80.2 cm³/mol. The molecule has 0 bridgehead atoms. The van der Waals surface area contributed by atoms with E-state index in [1.165, 1.54) is 0 Å². The van der Waals surface area contributed by atoms with Gasteiger partial charge in [0, 0.05) is 5.56 Å². The second-order valence-corrected chi connectivity index (χ2v) is 4.75. The van der Waals surface area contributed by atoms with Crippen LogP contribution in [0.25, 0.3) is 11.0 Å². The van der Waals surface area contributed by atoms with E-state index in [4.69, 9.17) is 0 Å². The Hall–Kier alpha value is -2.95. The molecule has 0 fully saturated rings. The van der Waals surface area contributed by atoms with Crippen molar-refractivity contribution in [2.24, 2.45) is 0 Å². The fraction of sp³-hybridized carbons (Fsp3) is 0.0625. The van der Waals surface area contributed by atoms with Gasteiger partial charge in [0.15, 0.2) is 0 Å². The van der Waals surface area contributed by atoms with Gasteiger partial charge >= 0.3 is 0 Å². The van der Waals surface area contributed by atoms with E-state index in [9.17, 15) is 9.59 Å². The highest BCUT2D eigenvalue weighted by molar-refractivity contribution is 6.46. The smallest absolute Gasteiger partial charge is 0.299 e. The van der Waals surface area contributed by atoms with Crippen molar-refractivity contribution in [1.82, 2.24) is 9.97 Å². The molecule has 3 aromatic rings. The number of nitrogens with one attached hydrogen (secondary N) is 2. The highest BCUT2D eigenvalue weighted by Gasteiger charge is 2.17. The van der Waals surface area contributed by atoms with Crippen LogP contribution < -0.4 is 5.32 Å². The van der Waals surface area contributed by atoms with Crippen LogP contribution in [0.2, 0.25) is 0 Å². The molecule has 0 aliphatic heterocycles. The number of rotatable bonds is 3. The van der Waals surface area contributed by atoms with Crippen molar-refractivity contribution in [3.8, 4) is 0 Å². The molecule has 1 aromatic heterocycles. The topological polar surface area (TPSA) is 74.8 Å². The Morgan fingerprint density at radius 3 is 2.48 bits per heavy atom. The maximum Gasteiger partial charge on any atom is 0.299 e. The molecule has 104 valence electrons. The molecule has 0 saturated heterocycles.